The summed E-state index contributed by atoms with van der Waals surface area (Å²) in [6.45, 7) is 0. The first-order valence-corrected chi connectivity index (χ1v) is 5.12. The van der Waals surface area contributed by atoms with E-state index in [-0.39, 0.29) is 17.2 Å². The molecule has 4 nitrogen and oxygen atoms in total. The summed E-state index contributed by atoms with van der Waals surface area (Å²) in [5.74, 6) is -0.379. The van der Waals surface area contributed by atoms with Crippen molar-refractivity contribution in [1.82, 2.24) is 0 Å². The number of hydrogen-bond acceptors (Lipinski definition) is 4. The summed E-state index contributed by atoms with van der Waals surface area (Å²) in [4.78, 5) is 0. The molecule has 17 heavy (non-hydrogen) atoms. The van der Waals surface area contributed by atoms with Gasteiger partial charge in [-0.05, 0) is 12.1 Å². The summed E-state index contributed by atoms with van der Waals surface area (Å²) in [6.07, 6.45) is 0. The first-order chi connectivity index (χ1) is 8.22. The second-order valence-corrected chi connectivity index (χ2v) is 3.75. The van der Waals surface area contributed by atoms with Crippen LogP contribution in [0.15, 0.2) is 34.7 Å². The maximum atomic E-state index is 9.69. The third-order valence-corrected chi connectivity index (χ3v) is 2.78. The molecule has 0 fully saturated rings. The zero-order valence-electron chi connectivity index (χ0n) is 9.10. The van der Waals surface area contributed by atoms with E-state index in [2.05, 4.69) is 0 Å². The van der Waals surface area contributed by atoms with Crippen LogP contribution in [0.2, 0.25) is 0 Å². The van der Waals surface area contributed by atoms with Crippen LogP contribution in [0.4, 0.5) is 0 Å². The Morgan fingerprint density at radius 1 is 1.12 bits per heavy atom. The Balaban J connectivity index is 2.56. The lowest BCUT2D eigenvalue weighted by atomic mass is 10.1. The zero-order valence-corrected chi connectivity index (χ0v) is 9.10. The molecule has 0 saturated heterocycles. The van der Waals surface area contributed by atoms with Crippen molar-refractivity contribution in [2.75, 3.05) is 7.11 Å². The number of aromatic hydroxyl groups is 2. The quantitative estimate of drug-likeness (QED) is 0.631. The van der Waals surface area contributed by atoms with Gasteiger partial charge in [0.05, 0.1) is 7.11 Å². The first kappa shape index (κ1) is 9.84. The number of methoxy groups -OCH3 is 1. The molecular formula is C13H10O4. The third-order valence-electron chi connectivity index (χ3n) is 2.78. The Morgan fingerprint density at radius 2 is 1.88 bits per heavy atom. The number of benzene rings is 2. The Kier molecular flexibility index (Phi) is 1.92. The number of phenolic OH excluding ortho intramolecular Hbond substituents is 2. The van der Waals surface area contributed by atoms with E-state index in [9.17, 15) is 10.2 Å². The van der Waals surface area contributed by atoms with Crippen molar-refractivity contribution >= 4 is 21.9 Å². The van der Waals surface area contributed by atoms with Crippen molar-refractivity contribution < 1.29 is 19.4 Å². The highest BCUT2D eigenvalue weighted by Gasteiger charge is 2.18. The Labute approximate surface area is 96.7 Å². The topological polar surface area (TPSA) is 62.8 Å². The minimum absolute atomic E-state index is 0.149. The molecule has 0 aliphatic carbocycles. The van der Waals surface area contributed by atoms with E-state index in [1.54, 1.807) is 0 Å². The highest BCUT2D eigenvalue weighted by atomic mass is 16.5. The molecule has 0 amide bonds. The standard InChI is InChI=1S/C13H10O4/c1-16-13-11(15)9(14)6-8-7-4-2-3-5-10(7)17-12(8)13/h2-6,14-15H,1H3. The molecule has 0 aliphatic heterocycles. The van der Waals surface area contributed by atoms with Gasteiger partial charge in [0.2, 0.25) is 11.5 Å². The van der Waals surface area contributed by atoms with Crippen LogP contribution in [-0.2, 0) is 0 Å². The normalized spacial score (nSPS) is 11.1. The van der Waals surface area contributed by atoms with Gasteiger partial charge in [0.1, 0.15) is 5.58 Å². The van der Waals surface area contributed by atoms with E-state index >= 15 is 0 Å². The van der Waals surface area contributed by atoms with Gasteiger partial charge < -0.3 is 19.4 Å². The highest BCUT2D eigenvalue weighted by molar-refractivity contribution is 6.08. The molecule has 0 saturated carbocycles. The summed E-state index contributed by atoms with van der Waals surface area (Å²) >= 11 is 0. The number of ether oxygens (including phenoxy) is 1. The third kappa shape index (κ3) is 1.24. The highest BCUT2D eigenvalue weighted by Crippen LogP contribution is 2.45. The maximum Gasteiger partial charge on any atom is 0.208 e. The van der Waals surface area contributed by atoms with Gasteiger partial charge in [-0.2, -0.15) is 0 Å². The molecule has 1 heterocycles. The van der Waals surface area contributed by atoms with Crippen LogP contribution in [0.1, 0.15) is 0 Å². The van der Waals surface area contributed by atoms with Gasteiger partial charge in [-0.25, -0.2) is 0 Å². The number of furan rings is 1. The van der Waals surface area contributed by atoms with Gasteiger partial charge >= 0.3 is 0 Å². The fourth-order valence-corrected chi connectivity index (χ4v) is 2.00. The van der Waals surface area contributed by atoms with Crippen LogP contribution in [0.5, 0.6) is 17.2 Å². The maximum absolute atomic E-state index is 9.69. The predicted molar refractivity (Wildman–Crippen MR) is 63.6 cm³/mol. The summed E-state index contributed by atoms with van der Waals surface area (Å²) in [5, 5.41) is 20.9. The number of fused-ring (bicyclic) bond motifs is 3. The van der Waals surface area contributed by atoms with Crippen LogP contribution in [-0.4, -0.2) is 17.3 Å². The Morgan fingerprint density at radius 3 is 2.65 bits per heavy atom. The summed E-state index contributed by atoms with van der Waals surface area (Å²) in [6, 6.07) is 8.92. The average Bonchev–Trinajstić information content (AvgIpc) is 2.69. The van der Waals surface area contributed by atoms with Crippen LogP contribution in [0.25, 0.3) is 21.9 Å². The fourth-order valence-electron chi connectivity index (χ4n) is 2.00. The lowest BCUT2D eigenvalue weighted by Crippen LogP contribution is -1.84. The molecule has 0 radical (unpaired) electrons. The zero-order chi connectivity index (χ0) is 12.0. The second kappa shape index (κ2) is 3.31. The lowest BCUT2D eigenvalue weighted by molar-refractivity contribution is 0.351. The van der Waals surface area contributed by atoms with Gasteiger partial charge in [0.25, 0.3) is 0 Å². The molecule has 0 spiro atoms. The van der Waals surface area contributed by atoms with Crippen molar-refractivity contribution in [2.45, 2.75) is 0 Å². The molecule has 2 aromatic carbocycles. The molecule has 3 aromatic rings. The largest absolute Gasteiger partial charge is 0.504 e. The van der Waals surface area contributed by atoms with Gasteiger partial charge in [-0.1, -0.05) is 18.2 Å². The van der Waals surface area contributed by atoms with Gasteiger partial charge in [-0.15, -0.1) is 0 Å². The molecule has 0 unspecified atom stereocenters. The van der Waals surface area contributed by atoms with Gasteiger partial charge in [0, 0.05) is 10.8 Å². The molecular weight excluding hydrogens is 220 g/mol. The average molecular weight is 230 g/mol. The van der Waals surface area contributed by atoms with E-state index in [0.717, 1.165) is 5.39 Å². The number of para-hydroxylation sites is 1. The Bertz CT molecular complexity index is 712. The first-order valence-electron chi connectivity index (χ1n) is 5.12. The fraction of sp³-hybridized carbons (Fsp3) is 0.0769. The predicted octanol–water partition coefficient (Wildman–Crippen LogP) is 3.01. The van der Waals surface area contributed by atoms with Crippen molar-refractivity contribution in [2.24, 2.45) is 0 Å². The molecule has 3 rings (SSSR count). The summed E-state index contributed by atoms with van der Waals surface area (Å²) in [5.41, 5.74) is 1.12. The number of rotatable bonds is 1. The van der Waals surface area contributed by atoms with Crippen molar-refractivity contribution in [3.05, 3.63) is 30.3 Å². The van der Waals surface area contributed by atoms with E-state index in [1.807, 2.05) is 24.3 Å². The number of phenols is 2. The van der Waals surface area contributed by atoms with Gasteiger partial charge in [0.15, 0.2) is 11.3 Å². The molecule has 4 heteroatoms. The lowest BCUT2D eigenvalue weighted by Gasteiger charge is -2.05. The summed E-state index contributed by atoms with van der Waals surface area (Å²) in [7, 11) is 1.42. The monoisotopic (exact) mass is 230 g/mol. The van der Waals surface area contributed by atoms with Crippen molar-refractivity contribution in [1.29, 1.82) is 0 Å². The minimum Gasteiger partial charge on any atom is -0.504 e. The molecule has 0 atom stereocenters. The van der Waals surface area contributed by atoms with Crippen LogP contribution < -0.4 is 4.74 Å². The van der Waals surface area contributed by atoms with E-state index < -0.39 is 0 Å². The summed E-state index contributed by atoms with van der Waals surface area (Å²) < 4.78 is 10.7. The van der Waals surface area contributed by atoms with E-state index in [0.29, 0.717) is 16.6 Å². The number of hydrogen-bond donors (Lipinski definition) is 2. The molecule has 2 N–H and O–H groups in total. The van der Waals surface area contributed by atoms with E-state index in [1.165, 1.54) is 13.2 Å². The molecule has 86 valence electrons. The van der Waals surface area contributed by atoms with Crippen molar-refractivity contribution in [3.63, 3.8) is 0 Å². The SMILES string of the molecule is COc1c(O)c(O)cc2c1oc1ccccc12. The Hall–Kier alpha value is -2.36. The van der Waals surface area contributed by atoms with Crippen LogP contribution >= 0.6 is 0 Å². The minimum atomic E-state index is -0.306. The van der Waals surface area contributed by atoms with Crippen LogP contribution in [0, 0.1) is 0 Å². The molecule has 1 aromatic heterocycles. The van der Waals surface area contributed by atoms with E-state index in [4.69, 9.17) is 9.15 Å². The van der Waals surface area contributed by atoms with Gasteiger partial charge in [-0.3, -0.25) is 0 Å². The molecule has 0 bridgehead atoms. The van der Waals surface area contributed by atoms with Crippen LogP contribution in [0.3, 0.4) is 0 Å². The smallest absolute Gasteiger partial charge is 0.208 e. The molecule has 0 aliphatic rings. The van der Waals surface area contributed by atoms with Crippen molar-refractivity contribution in [3.8, 4) is 17.2 Å². The second-order valence-electron chi connectivity index (χ2n) is 3.75.